The number of carbonyl (C=O) groups is 4. The first-order chi connectivity index (χ1) is 19.6. The Morgan fingerprint density at radius 2 is 1.56 bits per heavy atom. The smallest absolute Gasteiger partial charge is 0.330 e. The molecule has 0 bridgehead atoms. The van der Waals surface area contributed by atoms with Gasteiger partial charge in [-0.3, -0.25) is 14.4 Å². The van der Waals surface area contributed by atoms with Gasteiger partial charge in [-0.2, -0.15) is 0 Å². The van der Waals surface area contributed by atoms with Gasteiger partial charge in [-0.1, -0.05) is 74.4 Å². The van der Waals surface area contributed by atoms with E-state index in [1.807, 2.05) is 0 Å². The molecule has 0 aliphatic carbocycles. The number of unbranched alkanes of at least 4 members (excludes halogenated alkanes) is 5. The third kappa shape index (κ3) is 12.1. The van der Waals surface area contributed by atoms with Crippen molar-refractivity contribution in [2.24, 2.45) is 16.5 Å². The van der Waals surface area contributed by atoms with Gasteiger partial charge in [-0.05, 0) is 36.8 Å². The summed E-state index contributed by atoms with van der Waals surface area (Å²) in [5, 5.41) is 7.74. The first-order valence-corrected chi connectivity index (χ1v) is 14.0. The molecule has 0 aliphatic heterocycles. The lowest BCUT2D eigenvalue weighted by Crippen LogP contribution is -2.50. The van der Waals surface area contributed by atoms with Gasteiger partial charge in [-0.25, -0.2) is 9.79 Å². The number of nitrogens with two attached hydrogens (primary N) is 2. The fourth-order valence-corrected chi connectivity index (χ4v) is 4.27. The number of benzene rings is 2. The molecule has 2 aromatic carbocycles. The number of carbonyl (C=O) groups excluding carboxylic acids is 4. The molecule has 2 rings (SSSR count). The monoisotopic (exact) mass is 606 g/mol. The first kappa shape index (κ1) is 33.4. The third-order valence-corrected chi connectivity index (χ3v) is 6.43. The van der Waals surface area contributed by atoms with E-state index in [9.17, 15) is 19.2 Å². The van der Waals surface area contributed by atoms with E-state index < -0.39 is 36.3 Å². The van der Waals surface area contributed by atoms with Crippen LogP contribution in [0.1, 0.15) is 66.2 Å². The van der Waals surface area contributed by atoms with Crippen LogP contribution in [-0.4, -0.2) is 55.4 Å². The minimum Gasteiger partial charge on any atom is -0.464 e. The number of amides is 3. The minimum absolute atomic E-state index is 0.00824. The molecule has 0 saturated carbocycles. The maximum atomic E-state index is 12.9. The summed E-state index contributed by atoms with van der Waals surface area (Å²) in [7, 11) is 0. The van der Waals surface area contributed by atoms with Crippen molar-refractivity contribution in [3.8, 4) is 0 Å². The zero-order valence-corrected chi connectivity index (χ0v) is 24.4. The summed E-state index contributed by atoms with van der Waals surface area (Å²) in [5.74, 6) is -2.73. The molecule has 222 valence electrons. The van der Waals surface area contributed by atoms with Crippen molar-refractivity contribution < 1.29 is 23.9 Å². The van der Waals surface area contributed by atoms with E-state index in [1.54, 1.807) is 18.2 Å². The number of hydrogen-bond acceptors (Lipinski definition) is 6. The molecule has 0 aromatic heterocycles. The van der Waals surface area contributed by atoms with Crippen LogP contribution < -0.4 is 27.4 Å². The summed E-state index contributed by atoms with van der Waals surface area (Å²) in [6.07, 6.45) is 6.03. The summed E-state index contributed by atoms with van der Waals surface area (Å²) >= 11 is 12.3. The van der Waals surface area contributed by atoms with Gasteiger partial charge in [0.2, 0.25) is 5.91 Å². The van der Waals surface area contributed by atoms with Crippen LogP contribution in [0.2, 0.25) is 10.0 Å². The van der Waals surface area contributed by atoms with Crippen LogP contribution in [0.15, 0.2) is 47.5 Å². The van der Waals surface area contributed by atoms with Crippen LogP contribution in [0.5, 0.6) is 0 Å². The lowest BCUT2D eigenvalue weighted by Gasteiger charge is -2.19. The molecule has 0 heterocycles. The molecule has 0 fully saturated rings. The number of nitrogens with zero attached hydrogens (tertiary/aromatic N) is 1. The van der Waals surface area contributed by atoms with Gasteiger partial charge in [0.15, 0.2) is 5.96 Å². The van der Waals surface area contributed by atoms with Crippen molar-refractivity contribution in [2.45, 2.75) is 51.5 Å². The third-order valence-electron chi connectivity index (χ3n) is 5.80. The molecule has 7 N–H and O–H groups in total. The van der Waals surface area contributed by atoms with Gasteiger partial charge in [-0.15, -0.1) is 0 Å². The second kappa shape index (κ2) is 17.8. The van der Waals surface area contributed by atoms with Gasteiger partial charge < -0.3 is 32.2 Å². The van der Waals surface area contributed by atoms with E-state index in [0.29, 0.717) is 12.1 Å². The van der Waals surface area contributed by atoms with Crippen molar-refractivity contribution in [1.29, 1.82) is 0 Å². The molecular weight excluding hydrogens is 571 g/mol. The number of nitrogens with one attached hydrogen (secondary N) is 3. The molecule has 11 nitrogen and oxygen atoms in total. The highest BCUT2D eigenvalue weighted by atomic mass is 35.5. The van der Waals surface area contributed by atoms with Gasteiger partial charge in [0, 0.05) is 12.1 Å². The number of ether oxygens (including phenoxy) is 1. The van der Waals surface area contributed by atoms with E-state index in [4.69, 9.17) is 39.4 Å². The average molecular weight is 608 g/mol. The van der Waals surface area contributed by atoms with E-state index in [0.717, 1.165) is 32.1 Å². The van der Waals surface area contributed by atoms with E-state index in [1.165, 1.54) is 24.3 Å². The fourth-order valence-electron chi connectivity index (χ4n) is 3.70. The van der Waals surface area contributed by atoms with Crippen molar-refractivity contribution in [2.75, 3.05) is 19.7 Å². The van der Waals surface area contributed by atoms with Crippen LogP contribution in [0.25, 0.3) is 0 Å². The highest BCUT2D eigenvalue weighted by molar-refractivity contribution is 6.39. The second-order valence-electron chi connectivity index (χ2n) is 9.13. The highest BCUT2D eigenvalue weighted by Gasteiger charge is 2.26. The van der Waals surface area contributed by atoms with Crippen LogP contribution in [0.3, 0.4) is 0 Å². The second-order valence-corrected chi connectivity index (χ2v) is 9.95. The normalized spacial score (nSPS) is 11.2. The first-order valence-electron chi connectivity index (χ1n) is 13.3. The molecule has 0 unspecified atom stereocenters. The van der Waals surface area contributed by atoms with Gasteiger partial charge in [0.1, 0.15) is 6.04 Å². The number of halogens is 2. The largest absolute Gasteiger partial charge is 0.464 e. The Hall–Kier alpha value is -3.83. The van der Waals surface area contributed by atoms with Crippen molar-refractivity contribution in [3.63, 3.8) is 0 Å². The fraction of sp³-hybridized carbons (Fsp3) is 0.393. The summed E-state index contributed by atoms with van der Waals surface area (Å²) in [4.78, 5) is 54.6. The Balaban J connectivity index is 1.97. The molecule has 41 heavy (non-hydrogen) atoms. The predicted molar refractivity (Wildman–Crippen MR) is 159 cm³/mol. The molecule has 13 heteroatoms. The van der Waals surface area contributed by atoms with Crippen LogP contribution in [-0.2, 0) is 14.3 Å². The van der Waals surface area contributed by atoms with Crippen molar-refractivity contribution >= 4 is 58.5 Å². The van der Waals surface area contributed by atoms with Gasteiger partial charge in [0.25, 0.3) is 11.8 Å². The Bertz CT molecular complexity index is 1220. The molecule has 0 saturated heterocycles. The Kier molecular flexibility index (Phi) is 14.5. The summed E-state index contributed by atoms with van der Waals surface area (Å²) in [6, 6.07) is 9.52. The number of guanidine groups is 1. The molecule has 0 radical (unpaired) electrons. The quantitative estimate of drug-likeness (QED) is 0.0840. The lowest BCUT2D eigenvalue weighted by atomic mass is 10.1. The number of aliphatic imine (C=N–C) groups is 1. The molecular formula is C28H36Cl2N6O5. The average Bonchev–Trinajstić information content (AvgIpc) is 2.93. The standard InChI is InChI=1S/C28H36Cl2N6O5/c1-2-3-4-5-6-7-14-41-27(40)22(36-26(39)24-20(29)12-9-13-21(24)30)16-33-23(37)17-34-25(38)18-10-8-11-19(15-18)35-28(31)32/h8-13,15,22H,2-7,14,16-17H2,1H3,(H,33,37)(H,34,38)(H,36,39)(H4,31,32,35)/t22-/m0/s1. The minimum atomic E-state index is -1.23. The maximum Gasteiger partial charge on any atom is 0.330 e. The zero-order valence-electron chi connectivity index (χ0n) is 22.9. The summed E-state index contributed by atoms with van der Waals surface area (Å²) < 4.78 is 5.37. The SMILES string of the molecule is CCCCCCCCOC(=O)[C@H](CNC(=O)CNC(=O)c1cccc(N=C(N)N)c1)NC(=O)c1c(Cl)cccc1Cl. The topological polar surface area (TPSA) is 178 Å². The maximum absolute atomic E-state index is 12.9. The molecule has 0 spiro atoms. The molecule has 2 aromatic rings. The Morgan fingerprint density at radius 1 is 0.902 bits per heavy atom. The molecule has 1 atom stereocenters. The van der Waals surface area contributed by atoms with E-state index in [-0.39, 0.29) is 40.3 Å². The Morgan fingerprint density at radius 3 is 2.24 bits per heavy atom. The van der Waals surface area contributed by atoms with E-state index in [2.05, 4.69) is 27.9 Å². The van der Waals surface area contributed by atoms with Crippen LogP contribution >= 0.6 is 23.2 Å². The summed E-state index contributed by atoms with van der Waals surface area (Å²) in [6.45, 7) is 1.62. The van der Waals surface area contributed by atoms with E-state index >= 15 is 0 Å². The lowest BCUT2D eigenvalue weighted by molar-refractivity contribution is -0.146. The van der Waals surface area contributed by atoms with Gasteiger partial charge in [0.05, 0.1) is 34.4 Å². The van der Waals surface area contributed by atoms with Crippen molar-refractivity contribution in [1.82, 2.24) is 16.0 Å². The van der Waals surface area contributed by atoms with Crippen molar-refractivity contribution in [3.05, 3.63) is 63.6 Å². The van der Waals surface area contributed by atoms with Crippen LogP contribution in [0, 0.1) is 0 Å². The zero-order chi connectivity index (χ0) is 30.2. The molecule has 3 amide bonds. The van der Waals surface area contributed by atoms with Gasteiger partial charge >= 0.3 is 5.97 Å². The number of hydrogen-bond donors (Lipinski definition) is 5. The number of esters is 1. The molecule has 0 aliphatic rings. The van der Waals surface area contributed by atoms with Crippen LogP contribution in [0.4, 0.5) is 5.69 Å². The highest BCUT2D eigenvalue weighted by Crippen LogP contribution is 2.24. The predicted octanol–water partition coefficient (Wildman–Crippen LogP) is 3.45. The summed E-state index contributed by atoms with van der Waals surface area (Å²) in [5.41, 5.74) is 11.3. The Labute approximate surface area is 249 Å². The number of rotatable bonds is 16.